The number of piperidine rings is 1. The van der Waals surface area contributed by atoms with Gasteiger partial charge in [0.15, 0.2) is 0 Å². The van der Waals surface area contributed by atoms with Crippen LogP contribution in [0.1, 0.15) is 23.2 Å². The Bertz CT molecular complexity index is 433. The minimum atomic E-state index is -0.495. The van der Waals surface area contributed by atoms with E-state index in [-0.39, 0.29) is 16.8 Å². The largest absolute Gasteiger partial charge is 0.338 e. The molecule has 5 heteroatoms. The van der Waals surface area contributed by atoms with Gasteiger partial charge < -0.3 is 4.90 Å². The van der Waals surface area contributed by atoms with Gasteiger partial charge in [-0.05, 0) is 40.9 Å². The molecule has 0 radical (unpaired) electrons. The number of carbonyl (C=O) groups excluding carboxylic acids is 1. The zero-order chi connectivity index (χ0) is 12.4. The van der Waals surface area contributed by atoms with Crippen molar-refractivity contribution in [3.05, 3.63) is 34.1 Å². The van der Waals surface area contributed by atoms with Gasteiger partial charge in [0.25, 0.3) is 5.91 Å². The lowest BCUT2D eigenvalue weighted by Crippen LogP contribution is -2.39. The first-order valence-electron chi connectivity index (χ1n) is 5.47. The summed E-state index contributed by atoms with van der Waals surface area (Å²) in [7, 11) is 0. The van der Waals surface area contributed by atoms with Crippen LogP contribution in [0.5, 0.6) is 0 Å². The second-order valence-corrected chi connectivity index (χ2v) is 5.54. The average Bonchev–Trinajstić information content (AvgIpc) is 2.33. The zero-order valence-corrected chi connectivity index (χ0v) is 11.5. The number of likely N-dealkylation sites (tertiary alicyclic amines) is 1. The van der Waals surface area contributed by atoms with E-state index in [0.717, 1.165) is 12.8 Å². The molecule has 0 atom stereocenters. The maximum Gasteiger partial charge on any atom is 0.256 e. The highest BCUT2D eigenvalue weighted by Crippen LogP contribution is 2.22. The van der Waals surface area contributed by atoms with Gasteiger partial charge in [0.2, 0.25) is 0 Å². The molecular formula is C12H12BrClFNO. The molecule has 92 valence electrons. The Hall–Kier alpha value is -0.610. The topological polar surface area (TPSA) is 20.3 Å². The van der Waals surface area contributed by atoms with Crippen LogP contribution in [-0.2, 0) is 0 Å². The van der Waals surface area contributed by atoms with Crippen LogP contribution >= 0.6 is 27.5 Å². The van der Waals surface area contributed by atoms with E-state index in [0.29, 0.717) is 17.6 Å². The van der Waals surface area contributed by atoms with Crippen molar-refractivity contribution in [3.8, 4) is 0 Å². The Kier molecular flexibility index (Phi) is 4.05. The molecule has 1 saturated heterocycles. The first kappa shape index (κ1) is 12.8. The fraction of sp³-hybridized carbons (Fsp3) is 0.417. The summed E-state index contributed by atoms with van der Waals surface area (Å²) in [6.07, 6.45) is 1.53. The van der Waals surface area contributed by atoms with E-state index in [2.05, 4.69) is 15.9 Å². The fourth-order valence-corrected chi connectivity index (χ4v) is 2.45. The molecule has 1 aromatic rings. The molecule has 1 fully saturated rings. The van der Waals surface area contributed by atoms with Crippen molar-refractivity contribution in [2.24, 2.45) is 0 Å². The molecule has 2 rings (SSSR count). The number of rotatable bonds is 1. The van der Waals surface area contributed by atoms with Gasteiger partial charge in [0, 0.05) is 18.5 Å². The van der Waals surface area contributed by atoms with Crippen molar-refractivity contribution >= 4 is 33.4 Å². The summed E-state index contributed by atoms with van der Waals surface area (Å²) in [4.78, 5) is 13.8. The smallest absolute Gasteiger partial charge is 0.256 e. The number of alkyl halides is 1. The average molecular weight is 321 g/mol. The molecule has 1 aromatic carbocycles. The van der Waals surface area contributed by atoms with Crippen molar-refractivity contribution in [1.82, 2.24) is 4.90 Å². The van der Waals surface area contributed by atoms with Crippen LogP contribution in [0.4, 0.5) is 4.39 Å². The summed E-state index contributed by atoms with van der Waals surface area (Å²) in [5.74, 6) is -0.752. The lowest BCUT2D eigenvalue weighted by molar-refractivity contribution is 0.0721. The predicted molar refractivity (Wildman–Crippen MR) is 68.9 cm³/mol. The lowest BCUT2D eigenvalue weighted by Gasteiger charge is -2.29. The molecule has 2 nitrogen and oxygen atoms in total. The lowest BCUT2D eigenvalue weighted by atomic mass is 10.1. The van der Waals surface area contributed by atoms with E-state index in [1.807, 2.05) is 0 Å². The van der Waals surface area contributed by atoms with Crippen LogP contribution in [0.15, 0.2) is 22.7 Å². The zero-order valence-electron chi connectivity index (χ0n) is 9.13. The van der Waals surface area contributed by atoms with Gasteiger partial charge in [-0.1, -0.05) is 6.07 Å². The second kappa shape index (κ2) is 5.36. The molecule has 0 aromatic heterocycles. The van der Waals surface area contributed by atoms with E-state index in [1.54, 1.807) is 17.0 Å². The molecule has 1 aliphatic rings. The van der Waals surface area contributed by atoms with Crippen molar-refractivity contribution < 1.29 is 9.18 Å². The van der Waals surface area contributed by atoms with Crippen LogP contribution < -0.4 is 0 Å². The molecule has 0 N–H and O–H groups in total. The van der Waals surface area contributed by atoms with Crippen LogP contribution in [-0.4, -0.2) is 29.3 Å². The maximum absolute atomic E-state index is 13.8. The number of nitrogens with zero attached hydrogens (tertiary/aromatic N) is 1. The molecule has 1 heterocycles. The molecule has 0 saturated carbocycles. The Morgan fingerprint density at radius 1 is 1.41 bits per heavy atom. The van der Waals surface area contributed by atoms with Gasteiger partial charge in [-0.3, -0.25) is 4.79 Å². The predicted octanol–water partition coefficient (Wildman–Crippen LogP) is 3.43. The third-order valence-corrected chi connectivity index (χ3v) is 3.94. The highest BCUT2D eigenvalue weighted by molar-refractivity contribution is 9.10. The Morgan fingerprint density at radius 2 is 2.06 bits per heavy atom. The van der Waals surface area contributed by atoms with E-state index >= 15 is 0 Å². The van der Waals surface area contributed by atoms with Crippen LogP contribution in [0.2, 0.25) is 0 Å². The van der Waals surface area contributed by atoms with Crippen molar-refractivity contribution in [2.45, 2.75) is 18.2 Å². The third kappa shape index (κ3) is 2.80. The first-order chi connectivity index (χ1) is 8.09. The summed E-state index contributed by atoms with van der Waals surface area (Å²) >= 11 is 9.05. The number of carbonyl (C=O) groups is 1. The summed E-state index contributed by atoms with van der Waals surface area (Å²) in [6, 6.07) is 4.75. The van der Waals surface area contributed by atoms with Crippen LogP contribution in [0.3, 0.4) is 0 Å². The Balaban J connectivity index is 2.17. The number of benzene rings is 1. The molecule has 0 bridgehead atoms. The van der Waals surface area contributed by atoms with E-state index in [1.165, 1.54) is 6.07 Å². The minimum Gasteiger partial charge on any atom is -0.338 e. The van der Waals surface area contributed by atoms with Crippen molar-refractivity contribution in [1.29, 1.82) is 0 Å². The van der Waals surface area contributed by atoms with Crippen molar-refractivity contribution in [3.63, 3.8) is 0 Å². The standard InChI is InChI=1S/C12H12BrClFNO/c13-10-3-1-2-9(11(10)15)12(17)16-6-4-8(14)5-7-16/h1-3,8H,4-7H2. The molecular weight excluding hydrogens is 308 g/mol. The summed E-state index contributed by atoms with van der Waals surface area (Å²) < 4.78 is 14.1. The number of hydrogen-bond acceptors (Lipinski definition) is 1. The molecule has 0 spiro atoms. The minimum absolute atomic E-state index is 0.118. The highest BCUT2D eigenvalue weighted by Gasteiger charge is 2.24. The SMILES string of the molecule is O=C(c1cccc(Br)c1F)N1CCC(Cl)CC1. The molecule has 0 unspecified atom stereocenters. The van der Waals surface area contributed by atoms with Gasteiger partial charge in [-0.25, -0.2) is 4.39 Å². The van der Waals surface area contributed by atoms with Gasteiger partial charge in [-0.2, -0.15) is 0 Å². The summed E-state index contributed by atoms with van der Waals surface area (Å²) in [5.41, 5.74) is 0.118. The normalized spacial score (nSPS) is 17.2. The van der Waals surface area contributed by atoms with Crippen molar-refractivity contribution in [2.75, 3.05) is 13.1 Å². The number of halogens is 3. The van der Waals surface area contributed by atoms with Gasteiger partial charge in [0.1, 0.15) is 5.82 Å². The fourth-order valence-electron chi connectivity index (χ4n) is 1.89. The monoisotopic (exact) mass is 319 g/mol. The van der Waals surface area contributed by atoms with Gasteiger partial charge in [0.05, 0.1) is 10.0 Å². The maximum atomic E-state index is 13.8. The quantitative estimate of drug-likeness (QED) is 0.726. The molecule has 17 heavy (non-hydrogen) atoms. The van der Waals surface area contributed by atoms with E-state index < -0.39 is 5.82 Å². The molecule has 1 amide bonds. The molecule has 0 aliphatic carbocycles. The van der Waals surface area contributed by atoms with E-state index in [9.17, 15) is 9.18 Å². The third-order valence-electron chi connectivity index (χ3n) is 2.89. The Labute approximate surface area is 113 Å². The number of hydrogen-bond donors (Lipinski definition) is 0. The highest BCUT2D eigenvalue weighted by atomic mass is 79.9. The van der Waals surface area contributed by atoms with Gasteiger partial charge in [-0.15, -0.1) is 11.6 Å². The number of amides is 1. The van der Waals surface area contributed by atoms with Crippen LogP contribution in [0, 0.1) is 5.82 Å². The van der Waals surface area contributed by atoms with Crippen LogP contribution in [0.25, 0.3) is 0 Å². The van der Waals surface area contributed by atoms with Gasteiger partial charge >= 0.3 is 0 Å². The summed E-state index contributed by atoms with van der Waals surface area (Å²) in [6.45, 7) is 1.19. The van der Waals surface area contributed by atoms with E-state index in [4.69, 9.17) is 11.6 Å². The Morgan fingerprint density at radius 3 is 2.71 bits per heavy atom. The first-order valence-corrected chi connectivity index (χ1v) is 6.70. The second-order valence-electron chi connectivity index (χ2n) is 4.07. The molecule has 1 aliphatic heterocycles. The summed E-state index contributed by atoms with van der Waals surface area (Å²) in [5, 5.41) is 0.131.